The van der Waals surface area contributed by atoms with Crippen LogP contribution in [0.25, 0.3) is 0 Å². The van der Waals surface area contributed by atoms with Gasteiger partial charge in [-0.1, -0.05) is 52.9 Å². The molecule has 0 saturated heterocycles. The van der Waals surface area contributed by atoms with Crippen molar-refractivity contribution in [1.82, 2.24) is 0 Å². The van der Waals surface area contributed by atoms with E-state index >= 15 is 0 Å². The summed E-state index contributed by atoms with van der Waals surface area (Å²) in [5.41, 5.74) is -0.00940. The molecule has 0 spiro atoms. The van der Waals surface area contributed by atoms with Crippen LogP contribution in [0, 0.1) is 17.3 Å². The summed E-state index contributed by atoms with van der Waals surface area (Å²) in [7, 11) is 0. The maximum Gasteiger partial charge on any atom is 0.391 e. The van der Waals surface area contributed by atoms with Gasteiger partial charge in [0.1, 0.15) is 0 Å². The van der Waals surface area contributed by atoms with Crippen molar-refractivity contribution in [2.75, 3.05) is 0 Å². The lowest BCUT2D eigenvalue weighted by molar-refractivity contribution is -0.231. The molecule has 0 aromatic carbocycles. The van der Waals surface area contributed by atoms with E-state index in [1.807, 2.05) is 0 Å². The van der Waals surface area contributed by atoms with Crippen LogP contribution in [0.5, 0.6) is 0 Å². The fourth-order valence-corrected chi connectivity index (χ4v) is 3.72. The lowest BCUT2D eigenvalue weighted by Gasteiger charge is -2.53. The maximum atomic E-state index is 12.7. The Morgan fingerprint density at radius 1 is 1.00 bits per heavy atom. The van der Waals surface area contributed by atoms with Gasteiger partial charge >= 0.3 is 6.18 Å². The van der Waals surface area contributed by atoms with Crippen LogP contribution >= 0.6 is 0 Å². The van der Waals surface area contributed by atoms with Crippen LogP contribution in [-0.4, -0.2) is 6.18 Å². The molecule has 0 aliphatic heterocycles. The Morgan fingerprint density at radius 2 is 1.47 bits per heavy atom. The second-order valence-corrected chi connectivity index (χ2v) is 6.34. The van der Waals surface area contributed by atoms with Gasteiger partial charge in [-0.25, -0.2) is 0 Å². The normalized spacial score (nSPS) is 27.6. The highest BCUT2D eigenvalue weighted by atomic mass is 19.4. The summed E-state index contributed by atoms with van der Waals surface area (Å²) in [6, 6.07) is 0. The number of rotatable bonds is 8. The molecular weight excluding hydrogens is 249 g/mol. The number of halogens is 3. The number of hydrogen-bond acceptors (Lipinski definition) is 0. The van der Waals surface area contributed by atoms with Crippen LogP contribution in [-0.2, 0) is 0 Å². The zero-order valence-electron chi connectivity index (χ0n) is 12.7. The molecule has 0 N–H and O–H groups in total. The molecule has 0 aromatic rings. The van der Waals surface area contributed by atoms with Crippen molar-refractivity contribution >= 4 is 0 Å². The van der Waals surface area contributed by atoms with Gasteiger partial charge in [0.05, 0.1) is 5.92 Å². The van der Waals surface area contributed by atoms with Crippen molar-refractivity contribution in [2.45, 2.75) is 84.7 Å². The van der Waals surface area contributed by atoms with Gasteiger partial charge in [-0.15, -0.1) is 0 Å². The van der Waals surface area contributed by atoms with E-state index in [9.17, 15) is 13.2 Å². The van der Waals surface area contributed by atoms with E-state index < -0.39 is 12.1 Å². The minimum absolute atomic E-state index is 0.00940. The van der Waals surface area contributed by atoms with Crippen molar-refractivity contribution in [3.8, 4) is 0 Å². The smallest absolute Gasteiger partial charge is 0.171 e. The molecule has 0 radical (unpaired) electrons. The Morgan fingerprint density at radius 3 is 1.79 bits per heavy atom. The Bertz CT molecular complexity index is 243. The topological polar surface area (TPSA) is 0 Å². The standard InChI is InChI=1S/C16H29F3/c1-4-7-9-13(10-8-5-2)15(6-3)11-14(12-15)16(17,18)19/h13-14H,4-12H2,1-3H3. The quantitative estimate of drug-likeness (QED) is 0.485. The Hall–Kier alpha value is -0.210. The highest BCUT2D eigenvalue weighted by molar-refractivity contribution is 4.99. The fraction of sp³-hybridized carbons (Fsp3) is 1.00. The van der Waals surface area contributed by atoms with Crippen molar-refractivity contribution in [3.05, 3.63) is 0 Å². The first-order valence-corrected chi connectivity index (χ1v) is 7.96. The molecule has 0 nitrogen and oxygen atoms in total. The summed E-state index contributed by atoms with van der Waals surface area (Å²) in [5.74, 6) is -0.519. The molecule has 0 amide bonds. The Labute approximate surface area is 116 Å². The van der Waals surface area contributed by atoms with Crippen molar-refractivity contribution in [3.63, 3.8) is 0 Å². The summed E-state index contributed by atoms with van der Waals surface area (Å²) < 4.78 is 38.2. The second-order valence-electron chi connectivity index (χ2n) is 6.34. The number of alkyl halides is 3. The first-order valence-electron chi connectivity index (χ1n) is 7.96. The van der Waals surface area contributed by atoms with E-state index in [-0.39, 0.29) is 5.41 Å². The van der Waals surface area contributed by atoms with Crippen molar-refractivity contribution in [1.29, 1.82) is 0 Å². The molecule has 3 heteroatoms. The molecule has 1 saturated carbocycles. The molecule has 0 bridgehead atoms. The molecule has 114 valence electrons. The first-order chi connectivity index (χ1) is 8.89. The predicted octanol–water partition coefficient (Wildman–Crippen LogP) is 6.35. The van der Waals surface area contributed by atoms with Crippen molar-refractivity contribution < 1.29 is 13.2 Å². The Balaban J connectivity index is 2.64. The Kier molecular flexibility index (Phi) is 6.19. The van der Waals surface area contributed by atoms with Gasteiger partial charge in [0.15, 0.2) is 0 Å². The zero-order chi connectivity index (χ0) is 14.5. The van der Waals surface area contributed by atoms with Crippen LogP contribution < -0.4 is 0 Å². The molecular formula is C16H29F3. The van der Waals surface area contributed by atoms with Crippen LogP contribution in [0.2, 0.25) is 0 Å². The first kappa shape index (κ1) is 16.8. The number of hydrogen-bond donors (Lipinski definition) is 0. The van der Waals surface area contributed by atoms with E-state index in [1.54, 1.807) is 0 Å². The van der Waals surface area contributed by atoms with Crippen LogP contribution in [0.3, 0.4) is 0 Å². The van der Waals surface area contributed by atoms with E-state index in [4.69, 9.17) is 0 Å². The fourth-order valence-electron chi connectivity index (χ4n) is 3.72. The summed E-state index contributed by atoms with van der Waals surface area (Å²) in [5, 5.41) is 0. The van der Waals surface area contributed by atoms with E-state index in [1.165, 1.54) is 0 Å². The van der Waals surface area contributed by atoms with Gasteiger partial charge in [-0.3, -0.25) is 0 Å². The summed E-state index contributed by atoms with van der Waals surface area (Å²) >= 11 is 0. The van der Waals surface area contributed by atoms with E-state index in [2.05, 4.69) is 20.8 Å². The van der Waals surface area contributed by atoms with Crippen molar-refractivity contribution in [2.24, 2.45) is 17.3 Å². The monoisotopic (exact) mass is 278 g/mol. The highest BCUT2D eigenvalue weighted by Crippen LogP contribution is 2.60. The minimum Gasteiger partial charge on any atom is -0.171 e. The summed E-state index contributed by atoms with van der Waals surface area (Å²) in [4.78, 5) is 0. The molecule has 0 heterocycles. The molecule has 1 aliphatic carbocycles. The minimum atomic E-state index is -3.97. The highest BCUT2D eigenvalue weighted by Gasteiger charge is 2.56. The summed E-state index contributed by atoms with van der Waals surface area (Å²) in [6.07, 6.45) is 4.55. The second kappa shape index (κ2) is 6.99. The SMILES string of the molecule is CCCCC(CCCC)C1(CC)CC(C(F)(F)F)C1. The molecule has 19 heavy (non-hydrogen) atoms. The number of unbranched alkanes of at least 4 members (excludes halogenated alkanes) is 2. The predicted molar refractivity (Wildman–Crippen MR) is 74.0 cm³/mol. The molecule has 1 aliphatic rings. The van der Waals surface area contributed by atoms with E-state index in [0.717, 1.165) is 44.9 Å². The van der Waals surface area contributed by atoms with Crippen LogP contribution in [0.1, 0.15) is 78.6 Å². The van der Waals surface area contributed by atoms with Gasteiger partial charge in [-0.2, -0.15) is 13.2 Å². The lowest BCUT2D eigenvalue weighted by atomic mass is 9.53. The average molecular weight is 278 g/mol. The van der Waals surface area contributed by atoms with Gasteiger partial charge in [-0.05, 0) is 37.0 Å². The molecule has 1 fully saturated rings. The van der Waals surface area contributed by atoms with Gasteiger partial charge in [0, 0.05) is 0 Å². The van der Waals surface area contributed by atoms with Crippen LogP contribution in [0.15, 0.2) is 0 Å². The third-order valence-electron chi connectivity index (χ3n) is 5.15. The molecule has 0 aromatic heterocycles. The van der Waals surface area contributed by atoms with Gasteiger partial charge < -0.3 is 0 Å². The van der Waals surface area contributed by atoms with E-state index in [0.29, 0.717) is 18.8 Å². The molecule has 1 rings (SSSR count). The lowest BCUT2D eigenvalue weighted by Crippen LogP contribution is -2.48. The van der Waals surface area contributed by atoms with Gasteiger partial charge in [0.25, 0.3) is 0 Å². The third kappa shape index (κ3) is 4.13. The average Bonchev–Trinajstić information content (AvgIpc) is 2.29. The molecule has 0 atom stereocenters. The summed E-state index contributed by atoms with van der Waals surface area (Å²) in [6.45, 7) is 6.40. The molecule has 0 unspecified atom stereocenters. The maximum absolute atomic E-state index is 12.7. The van der Waals surface area contributed by atoms with Gasteiger partial charge in [0.2, 0.25) is 0 Å². The third-order valence-corrected chi connectivity index (χ3v) is 5.15. The zero-order valence-corrected chi connectivity index (χ0v) is 12.7. The van der Waals surface area contributed by atoms with Crippen LogP contribution in [0.4, 0.5) is 13.2 Å². The largest absolute Gasteiger partial charge is 0.391 e.